The van der Waals surface area contributed by atoms with Crippen molar-refractivity contribution >= 4 is 32.2 Å². The van der Waals surface area contributed by atoms with E-state index in [1.54, 1.807) is 12.1 Å². The zero-order valence-electron chi connectivity index (χ0n) is 16.7. The molecule has 2 aromatic carbocycles. The molecule has 3 rings (SSSR count). The van der Waals surface area contributed by atoms with Crippen LogP contribution in [0.25, 0.3) is 11.3 Å². The van der Waals surface area contributed by atoms with Gasteiger partial charge in [-0.2, -0.15) is 0 Å². The number of nitrogens with zero attached hydrogens (tertiary/aromatic N) is 1. The Kier molecular flexibility index (Phi) is 7.59. The fourth-order valence-electron chi connectivity index (χ4n) is 2.89. The maximum absolute atomic E-state index is 12.2. The van der Waals surface area contributed by atoms with Gasteiger partial charge in [0, 0.05) is 17.4 Å². The minimum Gasteiger partial charge on any atom is -0.494 e. The number of rotatable bonds is 10. The average molecular weight is 445 g/mol. The molecule has 0 spiro atoms. The van der Waals surface area contributed by atoms with Crippen LogP contribution in [0, 0.1) is 0 Å². The Hall–Kier alpha value is -2.71. The van der Waals surface area contributed by atoms with Gasteiger partial charge in [-0.3, -0.25) is 4.79 Å². The Morgan fingerprint density at radius 2 is 1.83 bits per heavy atom. The summed E-state index contributed by atoms with van der Waals surface area (Å²) in [5.41, 5.74) is 2.46. The van der Waals surface area contributed by atoms with Gasteiger partial charge in [0.05, 0.1) is 23.8 Å². The van der Waals surface area contributed by atoms with Gasteiger partial charge < -0.3 is 10.1 Å². The second-order valence-electron chi connectivity index (χ2n) is 6.72. The lowest BCUT2D eigenvalue weighted by molar-refractivity contribution is -0.116. The molecule has 8 heteroatoms. The summed E-state index contributed by atoms with van der Waals surface area (Å²) in [6.45, 7) is 2.54. The highest BCUT2D eigenvalue weighted by molar-refractivity contribution is 7.90. The predicted octanol–water partition coefficient (Wildman–Crippen LogP) is 4.54. The molecule has 0 radical (unpaired) electrons. The predicted molar refractivity (Wildman–Crippen MR) is 121 cm³/mol. The van der Waals surface area contributed by atoms with Crippen LogP contribution in [0.1, 0.15) is 25.3 Å². The Bertz CT molecular complexity index is 1060. The van der Waals surface area contributed by atoms with Gasteiger partial charge in [0.1, 0.15) is 5.75 Å². The van der Waals surface area contributed by atoms with Crippen LogP contribution in [0.4, 0.5) is 5.13 Å². The standard InChI is InChI=1S/C22H24N2O4S2/c1-2-28-19-12-10-18(11-13-19)20-15-29-22(23-20)24-21(25)9-6-14-30(26,27)16-17-7-4-3-5-8-17/h3-5,7-8,10-13,15H,2,6,9,14,16H2,1H3,(H,23,24,25). The van der Waals surface area contributed by atoms with Crippen molar-refractivity contribution in [3.05, 3.63) is 65.5 Å². The summed E-state index contributed by atoms with van der Waals surface area (Å²) >= 11 is 1.34. The first-order valence-corrected chi connectivity index (χ1v) is 12.4. The van der Waals surface area contributed by atoms with Gasteiger partial charge in [-0.05, 0) is 43.2 Å². The summed E-state index contributed by atoms with van der Waals surface area (Å²) in [6.07, 6.45) is 0.407. The van der Waals surface area contributed by atoms with E-state index in [0.717, 1.165) is 22.6 Å². The summed E-state index contributed by atoms with van der Waals surface area (Å²) in [6, 6.07) is 16.6. The number of hydrogen-bond acceptors (Lipinski definition) is 6. The van der Waals surface area contributed by atoms with Crippen LogP contribution in [0.2, 0.25) is 0 Å². The van der Waals surface area contributed by atoms with E-state index in [1.807, 2.05) is 54.8 Å². The number of benzene rings is 2. The van der Waals surface area contributed by atoms with Gasteiger partial charge in [-0.1, -0.05) is 30.3 Å². The number of carbonyl (C=O) groups excluding carboxylic acids is 1. The second-order valence-corrected chi connectivity index (χ2v) is 9.77. The van der Waals surface area contributed by atoms with Crippen molar-refractivity contribution < 1.29 is 17.9 Å². The third-order valence-corrected chi connectivity index (χ3v) is 6.74. The Morgan fingerprint density at radius 3 is 2.53 bits per heavy atom. The minimum atomic E-state index is -3.25. The Morgan fingerprint density at radius 1 is 1.10 bits per heavy atom. The largest absolute Gasteiger partial charge is 0.494 e. The highest BCUT2D eigenvalue weighted by atomic mass is 32.2. The van der Waals surface area contributed by atoms with Crippen LogP contribution in [-0.2, 0) is 20.4 Å². The van der Waals surface area contributed by atoms with E-state index in [2.05, 4.69) is 10.3 Å². The molecule has 0 aliphatic rings. The van der Waals surface area contributed by atoms with Crippen LogP contribution >= 0.6 is 11.3 Å². The van der Waals surface area contributed by atoms with Crippen molar-refractivity contribution in [1.82, 2.24) is 4.98 Å². The van der Waals surface area contributed by atoms with Crippen LogP contribution < -0.4 is 10.1 Å². The monoisotopic (exact) mass is 444 g/mol. The molecule has 158 valence electrons. The summed E-state index contributed by atoms with van der Waals surface area (Å²) in [5, 5.41) is 5.12. The van der Waals surface area contributed by atoms with E-state index in [0.29, 0.717) is 11.7 Å². The number of carbonyl (C=O) groups is 1. The molecule has 0 aliphatic carbocycles. The van der Waals surface area contributed by atoms with Crippen LogP contribution in [0.3, 0.4) is 0 Å². The molecule has 0 atom stereocenters. The molecule has 0 aliphatic heterocycles. The van der Waals surface area contributed by atoms with E-state index < -0.39 is 9.84 Å². The summed E-state index contributed by atoms with van der Waals surface area (Å²) < 4.78 is 29.9. The first-order valence-electron chi connectivity index (χ1n) is 9.68. The molecule has 0 saturated carbocycles. The Labute approximate surface area is 180 Å². The van der Waals surface area contributed by atoms with Crippen molar-refractivity contribution in [2.24, 2.45) is 0 Å². The topological polar surface area (TPSA) is 85.4 Å². The molecule has 1 heterocycles. The van der Waals surface area contributed by atoms with E-state index in [4.69, 9.17) is 4.74 Å². The lowest BCUT2D eigenvalue weighted by Gasteiger charge is -2.05. The lowest BCUT2D eigenvalue weighted by atomic mass is 10.2. The highest BCUT2D eigenvalue weighted by Gasteiger charge is 2.14. The number of ether oxygens (including phenoxy) is 1. The molecule has 1 N–H and O–H groups in total. The molecular formula is C22H24N2O4S2. The second kappa shape index (κ2) is 10.4. The SMILES string of the molecule is CCOc1ccc(-c2csc(NC(=O)CCCS(=O)(=O)Cc3ccccc3)n2)cc1. The smallest absolute Gasteiger partial charge is 0.226 e. The van der Waals surface area contributed by atoms with Gasteiger partial charge in [-0.25, -0.2) is 13.4 Å². The molecule has 0 bridgehead atoms. The Balaban J connectivity index is 1.47. The number of amides is 1. The molecule has 0 saturated heterocycles. The third kappa shape index (κ3) is 6.67. The van der Waals surface area contributed by atoms with Gasteiger partial charge in [-0.15, -0.1) is 11.3 Å². The molecule has 1 amide bonds. The quantitative estimate of drug-likeness (QED) is 0.496. The van der Waals surface area contributed by atoms with Crippen molar-refractivity contribution in [2.45, 2.75) is 25.5 Å². The maximum atomic E-state index is 12.2. The molecular weight excluding hydrogens is 420 g/mol. The zero-order valence-corrected chi connectivity index (χ0v) is 18.3. The number of thiazole rings is 1. The fraction of sp³-hybridized carbons (Fsp3) is 0.273. The van der Waals surface area contributed by atoms with E-state index in [1.165, 1.54) is 11.3 Å². The maximum Gasteiger partial charge on any atom is 0.226 e. The summed E-state index contributed by atoms with van der Waals surface area (Å²) in [4.78, 5) is 16.6. The first-order chi connectivity index (χ1) is 14.4. The van der Waals surface area contributed by atoms with Crippen molar-refractivity contribution in [3.63, 3.8) is 0 Å². The molecule has 0 fully saturated rings. The molecule has 1 aromatic heterocycles. The van der Waals surface area contributed by atoms with E-state index >= 15 is 0 Å². The first kappa shape index (κ1) is 22.0. The van der Waals surface area contributed by atoms with Crippen molar-refractivity contribution in [2.75, 3.05) is 17.7 Å². The van der Waals surface area contributed by atoms with Gasteiger partial charge in [0.25, 0.3) is 0 Å². The molecule has 6 nitrogen and oxygen atoms in total. The van der Waals surface area contributed by atoms with Crippen LogP contribution in [0.15, 0.2) is 60.0 Å². The minimum absolute atomic E-state index is 0.00656. The van der Waals surface area contributed by atoms with Crippen molar-refractivity contribution in [1.29, 1.82) is 0 Å². The van der Waals surface area contributed by atoms with Gasteiger partial charge in [0.15, 0.2) is 15.0 Å². The molecule has 30 heavy (non-hydrogen) atoms. The summed E-state index contributed by atoms with van der Waals surface area (Å²) in [7, 11) is -3.25. The highest BCUT2D eigenvalue weighted by Crippen LogP contribution is 2.26. The van der Waals surface area contributed by atoms with Gasteiger partial charge >= 0.3 is 0 Å². The number of nitrogens with one attached hydrogen (secondary N) is 1. The van der Waals surface area contributed by atoms with Gasteiger partial charge in [0.2, 0.25) is 5.91 Å². The zero-order chi connectivity index (χ0) is 21.4. The lowest BCUT2D eigenvalue weighted by Crippen LogP contribution is -2.15. The summed E-state index contributed by atoms with van der Waals surface area (Å²) in [5.74, 6) is 0.530. The van der Waals surface area contributed by atoms with Crippen LogP contribution in [-0.4, -0.2) is 31.7 Å². The van der Waals surface area contributed by atoms with Crippen molar-refractivity contribution in [3.8, 4) is 17.0 Å². The van der Waals surface area contributed by atoms with Crippen LogP contribution in [0.5, 0.6) is 5.75 Å². The number of aromatic nitrogens is 1. The number of hydrogen-bond donors (Lipinski definition) is 1. The normalized spacial score (nSPS) is 11.2. The number of sulfone groups is 1. The van der Waals surface area contributed by atoms with E-state index in [-0.39, 0.29) is 30.3 Å². The number of anilines is 1. The molecule has 3 aromatic rings. The van der Waals surface area contributed by atoms with E-state index in [9.17, 15) is 13.2 Å². The third-order valence-electron chi connectivity index (χ3n) is 4.30. The molecule has 0 unspecified atom stereocenters. The fourth-order valence-corrected chi connectivity index (χ4v) is 5.05. The average Bonchev–Trinajstić information content (AvgIpc) is 3.17.